The number of nitro groups is 1. The van der Waals surface area contributed by atoms with Gasteiger partial charge in [0.15, 0.2) is 0 Å². The molecule has 1 saturated heterocycles. The molecule has 9 nitrogen and oxygen atoms in total. The van der Waals surface area contributed by atoms with Crippen LogP contribution in [0.15, 0.2) is 41.5 Å². The molecule has 0 amide bonds. The van der Waals surface area contributed by atoms with Crippen LogP contribution in [0.25, 0.3) is 10.9 Å². The molecule has 2 N–H and O–H groups in total. The molecule has 10 heteroatoms. The van der Waals surface area contributed by atoms with E-state index < -0.39 is 15.9 Å². The second-order valence-electron chi connectivity index (χ2n) is 7.47. The summed E-state index contributed by atoms with van der Waals surface area (Å²) < 4.78 is 11.2. The smallest absolute Gasteiger partial charge is 0.293 e. The Hall–Kier alpha value is -3.17. The average Bonchev–Trinajstić information content (AvgIpc) is 2.78. The Labute approximate surface area is 182 Å². The number of hydrogen-bond acceptors (Lipinski definition) is 7. The zero-order valence-corrected chi connectivity index (χ0v) is 17.6. The van der Waals surface area contributed by atoms with E-state index >= 15 is 0 Å². The molecule has 1 aliphatic rings. The fourth-order valence-corrected chi connectivity index (χ4v) is 4.23. The van der Waals surface area contributed by atoms with Gasteiger partial charge in [-0.25, -0.2) is 4.98 Å². The van der Waals surface area contributed by atoms with Crippen molar-refractivity contribution in [2.75, 3.05) is 32.2 Å². The Kier molecular flexibility index (Phi) is 5.79. The highest BCUT2D eigenvalue weighted by molar-refractivity contribution is 6.30. The summed E-state index contributed by atoms with van der Waals surface area (Å²) in [6.45, 7) is 1.49. The molecule has 0 radical (unpaired) electrons. The highest BCUT2D eigenvalue weighted by Crippen LogP contribution is 2.42. The number of methoxy groups -OCH3 is 1. The quantitative estimate of drug-likeness (QED) is 0.439. The predicted molar refractivity (Wildman–Crippen MR) is 117 cm³/mol. The van der Waals surface area contributed by atoms with Crippen LogP contribution in [0.5, 0.6) is 5.75 Å². The maximum atomic E-state index is 12.0. The minimum Gasteiger partial charge on any atom is -0.496 e. The third kappa shape index (κ3) is 4.06. The molecule has 1 aliphatic heterocycles. The molecule has 0 saturated carbocycles. The van der Waals surface area contributed by atoms with Gasteiger partial charge in [-0.1, -0.05) is 11.6 Å². The number of nitrogens with one attached hydrogen (secondary N) is 2. The number of hydrogen-bond donors (Lipinski definition) is 2. The van der Waals surface area contributed by atoms with E-state index in [4.69, 9.17) is 21.1 Å². The van der Waals surface area contributed by atoms with Crippen LogP contribution in [-0.4, -0.2) is 41.8 Å². The van der Waals surface area contributed by atoms with Crippen molar-refractivity contribution in [3.63, 3.8) is 0 Å². The van der Waals surface area contributed by atoms with Crippen molar-refractivity contribution in [2.24, 2.45) is 0 Å². The standard InChI is InChI=1S/C21H21ClN4O5/c1-30-19-3-2-13(22)8-15(19)21(4-6-31-7-5-21)11-23-17-10-16-14(9-18(17)26(28)29)20(27)25-12-24-16/h2-3,8-10,12,23H,4-7,11H2,1H3,(H,24,25,27). The number of benzene rings is 2. The Balaban J connectivity index is 1.76. The van der Waals surface area contributed by atoms with Crippen molar-refractivity contribution >= 4 is 33.9 Å². The second kappa shape index (κ2) is 8.52. The van der Waals surface area contributed by atoms with Crippen molar-refractivity contribution in [3.05, 3.63) is 67.7 Å². The maximum absolute atomic E-state index is 12.0. The summed E-state index contributed by atoms with van der Waals surface area (Å²) in [5.41, 5.74) is 0.575. The van der Waals surface area contributed by atoms with Crippen LogP contribution in [0.4, 0.5) is 11.4 Å². The van der Waals surface area contributed by atoms with E-state index in [-0.39, 0.29) is 11.1 Å². The van der Waals surface area contributed by atoms with Gasteiger partial charge in [-0.3, -0.25) is 14.9 Å². The van der Waals surface area contributed by atoms with Gasteiger partial charge in [-0.15, -0.1) is 0 Å². The maximum Gasteiger partial charge on any atom is 0.293 e. The van der Waals surface area contributed by atoms with E-state index in [9.17, 15) is 14.9 Å². The zero-order chi connectivity index (χ0) is 22.0. The lowest BCUT2D eigenvalue weighted by molar-refractivity contribution is -0.383. The molecule has 1 fully saturated rings. The van der Waals surface area contributed by atoms with Crippen molar-refractivity contribution in [1.29, 1.82) is 0 Å². The van der Waals surface area contributed by atoms with Crippen LogP contribution in [0, 0.1) is 10.1 Å². The lowest BCUT2D eigenvalue weighted by Crippen LogP contribution is -2.40. The SMILES string of the molecule is COc1ccc(Cl)cc1C1(CNc2cc3nc[nH]c(=O)c3cc2[N+](=O)[O-])CCOCC1. The molecule has 0 atom stereocenters. The van der Waals surface area contributed by atoms with Gasteiger partial charge in [0.25, 0.3) is 11.2 Å². The molecule has 31 heavy (non-hydrogen) atoms. The molecule has 162 valence electrons. The molecule has 3 aromatic rings. The first kappa shape index (κ1) is 21.1. The topological polar surface area (TPSA) is 119 Å². The van der Waals surface area contributed by atoms with Crippen molar-refractivity contribution in [2.45, 2.75) is 18.3 Å². The van der Waals surface area contributed by atoms with E-state index in [2.05, 4.69) is 15.3 Å². The van der Waals surface area contributed by atoms with Crippen LogP contribution < -0.4 is 15.6 Å². The summed E-state index contributed by atoms with van der Waals surface area (Å²) in [6, 6.07) is 8.25. The van der Waals surface area contributed by atoms with E-state index in [1.807, 2.05) is 12.1 Å². The number of nitro benzene ring substituents is 1. The molecule has 4 rings (SSSR count). The van der Waals surface area contributed by atoms with Crippen LogP contribution in [0.1, 0.15) is 18.4 Å². The fraction of sp³-hybridized carbons (Fsp3) is 0.333. The largest absolute Gasteiger partial charge is 0.496 e. The normalized spacial score (nSPS) is 15.5. The molecule has 0 bridgehead atoms. The molecular formula is C21H21ClN4O5. The van der Waals surface area contributed by atoms with Gasteiger partial charge in [0.2, 0.25) is 0 Å². The molecule has 2 heterocycles. The molecule has 2 aromatic carbocycles. The van der Waals surface area contributed by atoms with E-state index in [1.54, 1.807) is 13.2 Å². The fourth-order valence-electron chi connectivity index (χ4n) is 4.06. The Morgan fingerprint density at radius 3 is 2.81 bits per heavy atom. The number of nitrogens with zero attached hydrogens (tertiary/aromatic N) is 2. The van der Waals surface area contributed by atoms with Gasteiger partial charge in [0.1, 0.15) is 11.4 Å². The monoisotopic (exact) mass is 444 g/mol. The first-order valence-electron chi connectivity index (χ1n) is 9.75. The van der Waals surface area contributed by atoms with Gasteiger partial charge in [0.05, 0.1) is 29.3 Å². The van der Waals surface area contributed by atoms with Crippen LogP contribution >= 0.6 is 11.6 Å². The highest BCUT2D eigenvalue weighted by atomic mass is 35.5. The lowest BCUT2D eigenvalue weighted by Gasteiger charge is -2.39. The molecule has 0 aliphatic carbocycles. The highest BCUT2D eigenvalue weighted by Gasteiger charge is 2.37. The van der Waals surface area contributed by atoms with Crippen molar-refractivity contribution in [3.8, 4) is 5.75 Å². The first-order valence-corrected chi connectivity index (χ1v) is 10.1. The Bertz CT molecular complexity index is 1190. The molecule has 1 aromatic heterocycles. The molecular weight excluding hydrogens is 424 g/mol. The summed E-state index contributed by atoms with van der Waals surface area (Å²) in [5, 5.41) is 15.7. The van der Waals surface area contributed by atoms with Gasteiger partial charge in [-0.05, 0) is 37.1 Å². The number of aromatic amines is 1. The first-order chi connectivity index (χ1) is 14.9. The number of aromatic nitrogens is 2. The average molecular weight is 445 g/mol. The number of anilines is 1. The third-order valence-electron chi connectivity index (χ3n) is 5.75. The van der Waals surface area contributed by atoms with Crippen LogP contribution in [0.2, 0.25) is 5.02 Å². The second-order valence-corrected chi connectivity index (χ2v) is 7.90. The van der Waals surface area contributed by atoms with Crippen LogP contribution in [0.3, 0.4) is 0 Å². The number of H-pyrrole nitrogens is 1. The summed E-state index contributed by atoms with van der Waals surface area (Å²) in [4.78, 5) is 29.8. The summed E-state index contributed by atoms with van der Waals surface area (Å²) in [6.07, 6.45) is 2.66. The van der Waals surface area contributed by atoms with Crippen molar-refractivity contribution in [1.82, 2.24) is 9.97 Å². The molecule has 0 unspecified atom stereocenters. The van der Waals surface area contributed by atoms with Gasteiger partial charge < -0.3 is 19.8 Å². The predicted octanol–water partition coefficient (Wildman–Crippen LogP) is 3.65. The number of fused-ring (bicyclic) bond motifs is 1. The number of rotatable bonds is 6. The Morgan fingerprint density at radius 2 is 2.10 bits per heavy atom. The van der Waals surface area contributed by atoms with Crippen LogP contribution in [-0.2, 0) is 10.2 Å². The van der Waals surface area contributed by atoms with Gasteiger partial charge >= 0.3 is 0 Å². The Morgan fingerprint density at radius 1 is 1.32 bits per heavy atom. The minimum absolute atomic E-state index is 0.164. The molecule has 0 spiro atoms. The summed E-state index contributed by atoms with van der Waals surface area (Å²) in [7, 11) is 1.60. The summed E-state index contributed by atoms with van der Waals surface area (Å²) >= 11 is 6.28. The number of ether oxygens (including phenoxy) is 2. The number of halogens is 1. The summed E-state index contributed by atoms with van der Waals surface area (Å²) in [5.74, 6) is 0.703. The van der Waals surface area contributed by atoms with E-state index in [0.29, 0.717) is 54.6 Å². The van der Waals surface area contributed by atoms with E-state index in [1.165, 1.54) is 18.5 Å². The van der Waals surface area contributed by atoms with Crippen molar-refractivity contribution < 1.29 is 14.4 Å². The third-order valence-corrected chi connectivity index (χ3v) is 5.99. The zero-order valence-electron chi connectivity index (χ0n) is 16.8. The van der Waals surface area contributed by atoms with Gasteiger partial charge in [0, 0.05) is 41.8 Å². The van der Waals surface area contributed by atoms with Gasteiger partial charge in [-0.2, -0.15) is 0 Å². The van der Waals surface area contributed by atoms with E-state index in [0.717, 1.165) is 5.56 Å². The lowest BCUT2D eigenvalue weighted by atomic mass is 9.73. The minimum atomic E-state index is -0.509.